The van der Waals surface area contributed by atoms with Gasteiger partial charge in [-0.15, -0.1) is 0 Å². The molecule has 0 radical (unpaired) electrons. The Bertz CT molecular complexity index is 352. The van der Waals surface area contributed by atoms with E-state index in [-0.39, 0.29) is 5.54 Å². The Balaban J connectivity index is 1.72. The molecule has 2 aliphatic rings. The maximum atomic E-state index is 6.59. The van der Waals surface area contributed by atoms with Crippen molar-refractivity contribution in [3.05, 3.63) is 35.4 Å². The molecule has 86 valence electrons. The lowest BCUT2D eigenvalue weighted by Gasteiger charge is -2.27. The number of rotatable bonds is 2. The summed E-state index contributed by atoms with van der Waals surface area (Å²) < 4.78 is 0. The molecule has 0 atom stereocenters. The molecule has 0 unspecified atom stereocenters. The van der Waals surface area contributed by atoms with Crippen molar-refractivity contribution in [3.63, 3.8) is 0 Å². The fourth-order valence-electron chi connectivity index (χ4n) is 3.66. The molecular weight excluding hydrogens is 194 g/mol. The summed E-state index contributed by atoms with van der Waals surface area (Å²) in [6, 6.07) is 8.78. The molecule has 0 aliphatic heterocycles. The highest BCUT2D eigenvalue weighted by atomic mass is 14.8. The van der Waals surface area contributed by atoms with Crippen LogP contribution in [0.15, 0.2) is 24.3 Å². The van der Waals surface area contributed by atoms with E-state index in [1.54, 1.807) is 0 Å². The third kappa shape index (κ3) is 1.89. The first-order valence-corrected chi connectivity index (χ1v) is 6.61. The summed E-state index contributed by atoms with van der Waals surface area (Å²) in [4.78, 5) is 0. The normalized spacial score (nSPS) is 23.6. The minimum Gasteiger partial charge on any atom is -0.324 e. The Kier molecular flexibility index (Phi) is 2.51. The van der Waals surface area contributed by atoms with Gasteiger partial charge in [-0.1, -0.05) is 49.9 Å². The van der Waals surface area contributed by atoms with Crippen molar-refractivity contribution in [2.24, 2.45) is 11.7 Å². The maximum Gasteiger partial charge on any atom is 0.0238 e. The Morgan fingerprint density at radius 1 is 1.06 bits per heavy atom. The molecule has 0 bridgehead atoms. The van der Waals surface area contributed by atoms with E-state index in [1.165, 1.54) is 43.2 Å². The van der Waals surface area contributed by atoms with Crippen molar-refractivity contribution in [1.82, 2.24) is 0 Å². The zero-order chi connectivity index (χ0) is 11.0. The van der Waals surface area contributed by atoms with E-state index in [0.717, 1.165) is 18.8 Å². The largest absolute Gasteiger partial charge is 0.324 e. The molecule has 0 heterocycles. The molecule has 1 saturated carbocycles. The van der Waals surface area contributed by atoms with Crippen LogP contribution in [0.2, 0.25) is 0 Å². The lowest BCUT2D eigenvalue weighted by molar-refractivity contribution is 0.329. The summed E-state index contributed by atoms with van der Waals surface area (Å²) in [6.45, 7) is 0. The second kappa shape index (κ2) is 3.89. The average molecular weight is 215 g/mol. The first-order chi connectivity index (χ1) is 7.75. The molecule has 16 heavy (non-hydrogen) atoms. The van der Waals surface area contributed by atoms with Crippen LogP contribution in [-0.4, -0.2) is 5.54 Å². The van der Waals surface area contributed by atoms with Gasteiger partial charge in [-0.2, -0.15) is 0 Å². The van der Waals surface area contributed by atoms with Gasteiger partial charge in [0, 0.05) is 5.54 Å². The second-order valence-corrected chi connectivity index (χ2v) is 5.84. The van der Waals surface area contributed by atoms with Crippen LogP contribution in [0.25, 0.3) is 0 Å². The third-order valence-electron chi connectivity index (χ3n) is 4.37. The minimum atomic E-state index is 0.0681. The topological polar surface area (TPSA) is 26.0 Å². The highest BCUT2D eigenvalue weighted by molar-refractivity contribution is 5.36. The highest BCUT2D eigenvalue weighted by Crippen LogP contribution is 2.37. The van der Waals surface area contributed by atoms with Gasteiger partial charge >= 0.3 is 0 Å². The molecule has 1 aromatic carbocycles. The molecule has 0 amide bonds. The van der Waals surface area contributed by atoms with E-state index >= 15 is 0 Å². The van der Waals surface area contributed by atoms with Crippen LogP contribution in [0.1, 0.15) is 43.2 Å². The number of hydrogen-bond acceptors (Lipinski definition) is 1. The average Bonchev–Trinajstić information content (AvgIpc) is 2.83. The minimum absolute atomic E-state index is 0.0681. The van der Waals surface area contributed by atoms with Crippen molar-refractivity contribution in [1.29, 1.82) is 0 Å². The zero-order valence-electron chi connectivity index (χ0n) is 9.91. The molecular formula is C15H21N. The first kappa shape index (κ1) is 10.3. The Morgan fingerprint density at radius 3 is 2.19 bits per heavy atom. The van der Waals surface area contributed by atoms with E-state index in [0.29, 0.717) is 0 Å². The first-order valence-electron chi connectivity index (χ1n) is 6.61. The predicted octanol–water partition coefficient (Wildman–Crippen LogP) is 3.06. The highest BCUT2D eigenvalue weighted by Gasteiger charge is 2.35. The summed E-state index contributed by atoms with van der Waals surface area (Å²) in [7, 11) is 0. The molecule has 2 N–H and O–H groups in total. The fourth-order valence-corrected chi connectivity index (χ4v) is 3.66. The smallest absolute Gasteiger partial charge is 0.0238 e. The van der Waals surface area contributed by atoms with Crippen molar-refractivity contribution in [2.45, 2.75) is 50.5 Å². The van der Waals surface area contributed by atoms with Gasteiger partial charge in [0.25, 0.3) is 0 Å². The fraction of sp³-hybridized carbons (Fsp3) is 0.600. The Labute approximate surface area is 98.0 Å². The molecule has 0 saturated heterocycles. The number of benzene rings is 1. The Hall–Kier alpha value is -0.820. The van der Waals surface area contributed by atoms with E-state index in [2.05, 4.69) is 24.3 Å². The second-order valence-electron chi connectivity index (χ2n) is 5.84. The molecule has 1 fully saturated rings. The SMILES string of the molecule is NC1(CC2CCCC2)Cc2ccccc2C1. The maximum absolute atomic E-state index is 6.59. The van der Waals surface area contributed by atoms with Crippen LogP contribution >= 0.6 is 0 Å². The summed E-state index contributed by atoms with van der Waals surface area (Å²) in [5, 5.41) is 0. The molecule has 1 nitrogen and oxygen atoms in total. The van der Waals surface area contributed by atoms with Crippen molar-refractivity contribution < 1.29 is 0 Å². The van der Waals surface area contributed by atoms with Gasteiger partial charge in [0.1, 0.15) is 0 Å². The zero-order valence-corrected chi connectivity index (χ0v) is 9.91. The molecule has 3 rings (SSSR count). The number of fused-ring (bicyclic) bond motifs is 1. The molecule has 2 aliphatic carbocycles. The summed E-state index contributed by atoms with van der Waals surface area (Å²) >= 11 is 0. The van der Waals surface area contributed by atoms with Crippen LogP contribution in [0.4, 0.5) is 0 Å². The van der Waals surface area contributed by atoms with Gasteiger partial charge in [0.2, 0.25) is 0 Å². The standard InChI is InChI=1S/C15H21N/c16-15(9-12-5-1-2-6-12)10-13-7-3-4-8-14(13)11-15/h3-4,7-8,12H,1-2,5-6,9-11,16H2. The quantitative estimate of drug-likeness (QED) is 0.806. The van der Waals surface area contributed by atoms with Crippen LogP contribution in [0.3, 0.4) is 0 Å². The van der Waals surface area contributed by atoms with Gasteiger partial charge in [-0.25, -0.2) is 0 Å². The summed E-state index contributed by atoms with van der Waals surface area (Å²) in [6.07, 6.45) is 9.10. The van der Waals surface area contributed by atoms with Crippen molar-refractivity contribution >= 4 is 0 Å². The van der Waals surface area contributed by atoms with E-state index in [9.17, 15) is 0 Å². The van der Waals surface area contributed by atoms with E-state index in [4.69, 9.17) is 5.73 Å². The van der Waals surface area contributed by atoms with Crippen LogP contribution in [0.5, 0.6) is 0 Å². The number of nitrogens with two attached hydrogens (primary N) is 1. The molecule has 1 aromatic rings. The Morgan fingerprint density at radius 2 is 1.62 bits per heavy atom. The lowest BCUT2D eigenvalue weighted by atomic mass is 9.85. The third-order valence-corrected chi connectivity index (χ3v) is 4.37. The summed E-state index contributed by atoms with van der Waals surface area (Å²) in [5.74, 6) is 0.902. The molecule has 1 heteroatoms. The van der Waals surface area contributed by atoms with Crippen molar-refractivity contribution in [3.8, 4) is 0 Å². The molecule has 0 spiro atoms. The van der Waals surface area contributed by atoms with Crippen molar-refractivity contribution in [2.75, 3.05) is 0 Å². The van der Waals surface area contributed by atoms with Gasteiger partial charge in [-0.05, 0) is 36.3 Å². The summed E-state index contributed by atoms with van der Waals surface area (Å²) in [5.41, 5.74) is 9.64. The van der Waals surface area contributed by atoms with E-state index in [1.807, 2.05) is 0 Å². The van der Waals surface area contributed by atoms with Gasteiger partial charge in [0.15, 0.2) is 0 Å². The van der Waals surface area contributed by atoms with Crippen LogP contribution in [0, 0.1) is 5.92 Å². The monoisotopic (exact) mass is 215 g/mol. The molecule has 0 aromatic heterocycles. The predicted molar refractivity (Wildman–Crippen MR) is 67.3 cm³/mol. The van der Waals surface area contributed by atoms with Crippen LogP contribution in [-0.2, 0) is 12.8 Å². The van der Waals surface area contributed by atoms with Gasteiger partial charge in [-0.3, -0.25) is 0 Å². The van der Waals surface area contributed by atoms with Crippen LogP contribution < -0.4 is 5.73 Å². The lowest BCUT2D eigenvalue weighted by Crippen LogP contribution is -2.42. The van der Waals surface area contributed by atoms with Gasteiger partial charge in [0.05, 0.1) is 0 Å². The number of hydrogen-bond donors (Lipinski definition) is 1. The van der Waals surface area contributed by atoms with E-state index < -0.39 is 0 Å². The van der Waals surface area contributed by atoms with Gasteiger partial charge < -0.3 is 5.73 Å².